The number of aliphatic hydroxyl groups is 1. The molecule has 1 aliphatic rings. The summed E-state index contributed by atoms with van der Waals surface area (Å²) in [4.78, 5) is 0. The van der Waals surface area contributed by atoms with Crippen molar-refractivity contribution in [1.82, 2.24) is 15.0 Å². The van der Waals surface area contributed by atoms with E-state index >= 15 is 0 Å². The molecule has 0 radical (unpaired) electrons. The summed E-state index contributed by atoms with van der Waals surface area (Å²) < 4.78 is 7.83. The minimum Gasteiger partial charge on any atom is -0.396 e. The average molecular weight is 329 g/mol. The van der Waals surface area contributed by atoms with Gasteiger partial charge in [0.15, 0.2) is 0 Å². The molecule has 1 N–H and O–H groups in total. The maximum atomic E-state index is 9.18. The van der Waals surface area contributed by atoms with Crippen LogP contribution in [0.1, 0.15) is 48.1 Å². The van der Waals surface area contributed by atoms with Crippen molar-refractivity contribution in [2.75, 3.05) is 6.61 Å². The molecule has 5 heteroatoms. The van der Waals surface area contributed by atoms with Crippen molar-refractivity contribution >= 4 is 0 Å². The molecule has 1 heterocycles. The van der Waals surface area contributed by atoms with Gasteiger partial charge in [-0.3, -0.25) is 0 Å². The molecule has 1 aromatic carbocycles. The molecule has 0 spiro atoms. The van der Waals surface area contributed by atoms with Crippen molar-refractivity contribution in [1.29, 1.82) is 0 Å². The molecule has 0 unspecified atom stereocenters. The van der Waals surface area contributed by atoms with Crippen molar-refractivity contribution in [3.63, 3.8) is 0 Å². The number of hydrogen-bond acceptors (Lipinski definition) is 4. The number of aromatic nitrogens is 3. The zero-order chi connectivity index (χ0) is 16.9. The van der Waals surface area contributed by atoms with E-state index in [1.165, 1.54) is 16.7 Å². The molecular formula is C19H27N3O2. The first kappa shape index (κ1) is 17.1. The zero-order valence-electron chi connectivity index (χ0n) is 14.6. The van der Waals surface area contributed by atoms with Crippen molar-refractivity contribution in [2.45, 2.75) is 58.8 Å². The molecule has 0 bridgehead atoms. The van der Waals surface area contributed by atoms with Gasteiger partial charge in [0, 0.05) is 6.61 Å². The molecule has 0 aliphatic heterocycles. The first-order valence-corrected chi connectivity index (χ1v) is 8.81. The maximum absolute atomic E-state index is 9.18. The lowest BCUT2D eigenvalue weighted by atomic mass is 9.88. The quantitative estimate of drug-likeness (QED) is 0.885. The van der Waals surface area contributed by atoms with Gasteiger partial charge >= 0.3 is 0 Å². The van der Waals surface area contributed by atoms with Crippen molar-refractivity contribution < 1.29 is 9.84 Å². The molecule has 1 saturated carbocycles. The Bertz CT molecular complexity index is 660. The van der Waals surface area contributed by atoms with E-state index < -0.39 is 0 Å². The Morgan fingerprint density at radius 2 is 1.96 bits per heavy atom. The van der Waals surface area contributed by atoms with E-state index in [1.54, 1.807) is 0 Å². The lowest BCUT2D eigenvalue weighted by Gasteiger charge is -2.26. The second-order valence-electron chi connectivity index (χ2n) is 6.96. The fraction of sp³-hybridized carbons (Fsp3) is 0.579. The minimum atomic E-state index is 0.290. The summed E-state index contributed by atoms with van der Waals surface area (Å²) in [5.74, 6) is 0.462. The monoisotopic (exact) mass is 329 g/mol. The Hall–Kier alpha value is -1.72. The number of aryl methyl sites for hydroxylation is 2. The van der Waals surface area contributed by atoms with Crippen LogP contribution in [0.15, 0.2) is 24.4 Å². The summed E-state index contributed by atoms with van der Waals surface area (Å²) >= 11 is 0. The van der Waals surface area contributed by atoms with E-state index in [0.29, 0.717) is 19.1 Å². The Morgan fingerprint density at radius 3 is 2.67 bits per heavy atom. The summed E-state index contributed by atoms with van der Waals surface area (Å²) in [6.45, 7) is 5.81. The molecule has 1 fully saturated rings. The molecule has 130 valence electrons. The Morgan fingerprint density at radius 1 is 1.17 bits per heavy atom. The van der Waals surface area contributed by atoms with Gasteiger partial charge in [-0.1, -0.05) is 23.4 Å². The van der Waals surface area contributed by atoms with E-state index in [4.69, 9.17) is 4.74 Å². The van der Waals surface area contributed by atoms with Gasteiger partial charge in [0.25, 0.3) is 0 Å². The molecule has 1 aromatic heterocycles. The zero-order valence-corrected chi connectivity index (χ0v) is 14.6. The van der Waals surface area contributed by atoms with E-state index in [1.807, 2.05) is 10.9 Å². The topological polar surface area (TPSA) is 60.2 Å². The number of hydrogen-bond donors (Lipinski definition) is 1. The number of rotatable bonds is 6. The van der Waals surface area contributed by atoms with E-state index in [9.17, 15) is 5.11 Å². The minimum absolute atomic E-state index is 0.290. The van der Waals surface area contributed by atoms with Crippen LogP contribution in [-0.4, -0.2) is 32.8 Å². The SMILES string of the molecule is Cc1ccc(Cn2cc(COC3CCC(CO)CC3)nn2)cc1C. The molecule has 0 atom stereocenters. The highest BCUT2D eigenvalue weighted by Crippen LogP contribution is 2.26. The van der Waals surface area contributed by atoms with Gasteiger partial charge in [0.05, 0.1) is 25.5 Å². The highest BCUT2D eigenvalue weighted by molar-refractivity contribution is 5.29. The van der Waals surface area contributed by atoms with Gasteiger partial charge < -0.3 is 9.84 Å². The summed E-state index contributed by atoms with van der Waals surface area (Å²) in [5.41, 5.74) is 4.72. The van der Waals surface area contributed by atoms with Crippen LogP contribution >= 0.6 is 0 Å². The third-order valence-corrected chi connectivity index (χ3v) is 5.02. The lowest BCUT2D eigenvalue weighted by Crippen LogP contribution is -2.23. The van der Waals surface area contributed by atoms with E-state index in [2.05, 4.69) is 42.4 Å². The van der Waals surface area contributed by atoms with Crippen LogP contribution in [0.2, 0.25) is 0 Å². The molecule has 2 aromatic rings. The van der Waals surface area contributed by atoms with Crippen molar-refractivity contribution in [3.8, 4) is 0 Å². The van der Waals surface area contributed by atoms with Crippen LogP contribution < -0.4 is 0 Å². The highest BCUT2D eigenvalue weighted by atomic mass is 16.5. The highest BCUT2D eigenvalue weighted by Gasteiger charge is 2.21. The second-order valence-corrected chi connectivity index (χ2v) is 6.96. The van der Waals surface area contributed by atoms with Crippen molar-refractivity contribution in [3.05, 3.63) is 46.8 Å². The smallest absolute Gasteiger partial charge is 0.108 e. The average Bonchev–Trinajstić information content (AvgIpc) is 3.04. The number of ether oxygens (including phenoxy) is 1. The number of benzene rings is 1. The van der Waals surface area contributed by atoms with E-state index in [-0.39, 0.29) is 6.10 Å². The molecular weight excluding hydrogens is 302 g/mol. The lowest BCUT2D eigenvalue weighted by molar-refractivity contribution is -0.000186. The summed E-state index contributed by atoms with van der Waals surface area (Å²) in [5, 5.41) is 17.6. The predicted octanol–water partition coefficient (Wildman–Crippen LogP) is 3.01. The third-order valence-electron chi connectivity index (χ3n) is 5.02. The predicted molar refractivity (Wildman–Crippen MR) is 92.7 cm³/mol. The van der Waals surface area contributed by atoms with Gasteiger partial charge in [-0.05, 0) is 62.1 Å². The van der Waals surface area contributed by atoms with Crippen LogP contribution in [-0.2, 0) is 17.9 Å². The summed E-state index contributed by atoms with van der Waals surface area (Å²) in [6, 6.07) is 6.49. The standard InChI is InChI=1S/C19H27N3O2/c1-14-3-4-17(9-15(14)2)10-22-11-18(20-21-22)13-24-19-7-5-16(12-23)6-8-19/h3-4,9,11,16,19,23H,5-8,10,12-13H2,1-2H3. The normalized spacial score (nSPS) is 21.1. The summed E-state index contributed by atoms with van der Waals surface area (Å²) in [6.07, 6.45) is 6.43. The maximum Gasteiger partial charge on any atom is 0.108 e. The first-order valence-electron chi connectivity index (χ1n) is 8.81. The van der Waals surface area contributed by atoms with Crippen LogP contribution in [0, 0.1) is 19.8 Å². The number of aliphatic hydroxyl groups excluding tert-OH is 1. The molecule has 1 aliphatic carbocycles. The van der Waals surface area contributed by atoms with Gasteiger partial charge in [-0.25, -0.2) is 4.68 Å². The van der Waals surface area contributed by atoms with Gasteiger partial charge in [-0.2, -0.15) is 0 Å². The Kier molecular flexibility index (Phi) is 5.63. The van der Waals surface area contributed by atoms with Crippen LogP contribution in [0.5, 0.6) is 0 Å². The van der Waals surface area contributed by atoms with Crippen LogP contribution in [0.25, 0.3) is 0 Å². The molecule has 0 saturated heterocycles. The van der Waals surface area contributed by atoms with Gasteiger partial charge in [-0.15, -0.1) is 5.10 Å². The van der Waals surface area contributed by atoms with Crippen LogP contribution in [0.3, 0.4) is 0 Å². The second kappa shape index (κ2) is 7.90. The van der Waals surface area contributed by atoms with E-state index in [0.717, 1.165) is 37.9 Å². The fourth-order valence-corrected chi connectivity index (χ4v) is 3.26. The Labute approximate surface area is 143 Å². The van der Waals surface area contributed by atoms with Crippen LogP contribution in [0.4, 0.5) is 0 Å². The molecule has 24 heavy (non-hydrogen) atoms. The summed E-state index contributed by atoms with van der Waals surface area (Å²) in [7, 11) is 0. The first-order chi connectivity index (χ1) is 11.6. The number of nitrogens with zero attached hydrogens (tertiary/aromatic N) is 3. The third kappa shape index (κ3) is 4.42. The Balaban J connectivity index is 1.49. The fourth-order valence-electron chi connectivity index (χ4n) is 3.26. The van der Waals surface area contributed by atoms with Crippen molar-refractivity contribution in [2.24, 2.45) is 5.92 Å². The molecule has 0 amide bonds. The molecule has 5 nitrogen and oxygen atoms in total. The molecule has 3 rings (SSSR count). The van der Waals surface area contributed by atoms with Gasteiger partial charge in [0.2, 0.25) is 0 Å². The largest absolute Gasteiger partial charge is 0.396 e. The van der Waals surface area contributed by atoms with Gasteiger partial charge in [0.1, 0.15) is 5.69 Å².